The zero-order chi connectivity index (χ0) is 18.8. The average Bonchev–Trinajstić information content (AvgIpc) is 3.40. The van der Waals surface area contributed by atoms with Crippen LogP contribution in [0.5, 0.6) is 0 Å². The van der Waals surface area contributed by atoms with E-state index >= 15 is 0 Å². The Hall–Kier alpha value is -2.67. The second kappa shape index (κ2) is 7.52. The summed E-state index contributed by atoms with van der Waals surface area (Å²) in [5, 5.41) is 7.38. The molecular formula is C20H25N5O2. The minimum atomic E-state index is 0.532. The van der Waals surface area contributed by atoms with Crippen LogP contribution in [0.3, 0.4) is 0 Å². The van der Waals surface area contributed by atoms with Crippen molar-refractivity contribution in [2.75, 3.05) is 25.0 Å². The second-order valence-corrected chi connectivity index (χ2v) is 7.00. The fraction of sp³-hybridized carbons (Fsp3) is 0.450. The first-order valence-corrected chi connectivity index (χ1v) is 9.49. The van der Waals surface area contributed by atoms with Crippen molar-refractivity contribution >= 4 is 5.95 Å². The van der Waals surface area contributed by atoms with Gasteiger partial charge in [0, 0.05) is 24.8 Å². The maximum absolute atomic E-state index is 5.82. The van der Waals surface area contributed by atoms with E-state index in [0.29, 0.717) is 29.2 Å². The molecule has 1 saturated heterocycles. The summed E-state index contributed by atoms with van der Waals surface area (Å²) in [6, 6.07) is 6.26. The monoisotopic (exact) mass is 367 g/mol. The molecule has 1 N–H and O–H groups in total. The van der Waals surface area contributed by atoms with Crippen LogP contribution in [0, 0.1) is 13.8 Å². The smallest absolute Gasteiger partial charge is 0.223 e. The van der Waals surface area contributed by atoms with Crippen LogP contribution < -0.4 is 5.32 Å². The molecule has 4 rings (SSSR count). The Morgan fingerprint density at radius 3 is 2.85 bits per heavy atom. The van der Waals surface area contributed by atoms with Crippen LogP contribution in [0.2, 0.25) is 0 Å². The van der Waals surface area contributed by atoms with Crippen molar-refractivity contribution in [1.82, 2.24) is 20.0 Å². The van der Waals surface area contributed by atoms with E-state index < -0.39 is 0 Å². The molecule has 0 amide bonds. The van der Waals surface area contributed by atoms with E-state index in [2.05, 4.69) is 27.3 Å². The Morgan fingerprint density at radius 1 is 1.26 bits per heavy atom. The quantitative estimate of drug-likeness (QED) is 0.707. The van der Waals surface area contributed by atoms with E-state index in [-0.39, 0.29) is 0 Å². The Kier molecular flexibility index (Phi) is 4.94. The van der Waals surface area contributed by atoms with Gasteiger partial charge in [-0.15, -0.1) is 0 Å². The molecule has 3 aromatic rings. The van der Waals surface area contributed by atoms with Gasteiger partial charge in [-0.25, -0.2) is 9.97 Å². The molecule has 0 radical (unpaired) electrons. The molecule has 3 aromatic heterocycles. The minimum absolute atomic E-state index is 0.532. The minimum Gasteiger partial charge on any atom is -0.460 e. The van der Waals surface area contributed by atoms with Crippen molar-refractivity contribution < 1.29 is 8.94 Å². The predicted octanol–water partition coefficient (Wildman–Crippen LogP) is 3.90. The molecule has 1 atom stereocenters. The van der Waals surface area contributed by atoms with Gasteiger partial charge in [0.15, 0.2) is 11.5 Å². The van der Waals surface area contributed by atoms with Crippen molar-refractivity contribution in [3.8, 4) is 22.8 Å². The van der Waals surface area contributed by atoms with Crippen molar-refractivity contribution in [2.45, 2.75) is 39.7 Å². The van der Waals surface area contributed by atoms with Gasteiger partial charge in [-0.1, -0.05) is 12.1 Å². The summed E-state index contributed by atoms with van der Waals surface area (Å²) < 4.78 is 11.2. The number of hydrogen-bond donors (Lipinski definition) is 1. The number of likely N-dealkylation sites (tertiary alicyclic amines) is 1. The number of anilines is 1. The number of nitrogens with one attached hydrogen (secondary N) is 1. The highest BCUT2D eigenvalue weighted by Gasteiger charge is 2.23. The Balaban J connectivity index is 1.62. The normalized spacial score (nSPS) is 17.5. The summed E-state index contributed by atoms with van der Waals surface area (Å²) in [6.45, 7) is 9.10. The van der Waals surface area contributed by atoms with Crippen LogP contribution in [0.15, 0.2) is 33.3 Å². The molecule has 27 heavy (non-hydrogen) atoms. The zero-order valence-corrected chi connectivity index (χ0v) is 16.0. The summed E-state index contributed by atoms with van der Waals surface area (Å²) in [5.41, 5.74) is 2.29. The molecule has 1 aliphatic heterocycles. The maximum atomic E-state index is 5.82. The van der Waals surface area contributed by atoms with Crippen LogP contribution in [0.4, 0.5) is 5.95 Å². The average molecular weight is 367 g/mol. The second-order valence-electron chi connectivity index (χ2n) is 7.00. The van der Waals surface area contributed by atoms with Gasteiger partial charge < -0.3 is 14.3 Å². The molecule has 7 heteroatoms. The molecule has 1 aliphatic rings. The predicted molar refractivity (Wildman–Crippen MR) is 103 cm³/mol. The zero-order valence-electron chi connectivity index (χ0n) is 16.0. The SMILES string of the molecule is CCN1CCCC1CNc1ncc(-c2cc(C)no2)c(-c2ccc(C)o2)n1. The van der Waals surface area contributed by atoms with E-state index in [0.717, 1.165) is 30.1 Å². The highest BCUT2D eigenvalue weighted by molar-refractivity contribution is 5.75. The molecule has 0 aromatic carbocycles. The van der Waals surface area contributed by atoms with E-state index in [1.165, 1.54) is 19.4 Å². The Morgan fingerprint density at radius 2 is 2.15 bits per heavy atom. The number of likely N-dealkylation sites (N-methyl/N-ethyl adjacent to an activating group) is 1. The van der Waals surface area contributed by atoms with E-state index in [4.69, 9.17) is 13.9 Å². The lowest BCUT2D eigenvalue weighted by Gasteiger charge is -2.22. The number of hydrogen-bond acceptors (Lipinski definition) is 7. The lowest BCUT2D eigenvalue weighted by molar-refractivity contribution is 0.277. The summed E-state index contributed by atoms with van der Waals surface area (Å²) in [4.78, 5) is 11.7. The van der Waals surface area contributed by atoms with Gasteiger partial charge >= 0.3 is 0 Å². The lowest BCUT2D eigenvalue weighted by atomic mass is 10.1. The number of aromatic nitrogens is 3. The number of nitrogens with zero attached hydrogens (tertiary/aromatic N) is 4. The first-order chi connectivity index (χ1) is 13.1. The van der Waals surface area contributed by atoms with Gasteiger partial charge in [-0.2, -0.15) is 0 Å². The topological polar surface area (TPSA) is 80.2 Å². The fourth-order valence-corrected chi connectivity index (χ4v) is 3.64. The number of furan rings is 1. The number of aryl methyl sites for hydroxylation is 2. The Labute approximate surface area is 158 Å². The van der Waals surface area contributed by atoms with Gasteiger partial charge in [0.25, 0.3) is 0 Å². The third-order valence-corrected chi connectivity index (χ3v) is 5.06. The molecule has 7 nitrogen and oxygen atoms in total. The van der Waals surface area contributed by atoms with Gasteiger partial charge in [-0.3, -0.25) is 4.90 Å². The summed E-state index contributed by atoms with van der Waals surface area (Å²) in [5.74, 6) is 2.76. The summed E-state index contributed by atoms with van der Waals surface area (Å²) in [6.07, 6.45) is 4.23. The lowest BCUT2D eigenvalue weighted by Crippen LogP contribution is -2.34. The molecule has 0 aliphatic carbocycles. The first kappa shape index (κ1) is 17.7. The van der Waals surface area contributed by atoms with Gasteiger partial charge in [0.2, 0.25) is 5.95 Å². The van der Waals surface area contributed by atoms with Crippen LogP contribution >= 0.6 is 0 Å². The third kappa shape index (κ3) is 3.73. The fourth-order valence-electron chi connectivity index (χ4n) is 3.64. The van der Waals surface area contributed by atoms with E-state index in [1.807, 2.05) is 32.0 Å². The molecule has 1 unspecified atom stereocenters. The van der Waals surface area contributed by atoms with Crippen LogP contribution in [0.1, 0.15) is 31.2 Å². The van der Waals surface area contributed by atoms with Crippen LogP contribution in [-0.2, 0) is 0 Å². The highest BCUT2D eigenvalue weighted by Crippen LogP contribution is 2.32. The molecular weight excluding hydrogens is 342 g/mol. The van der Waals surface area contributed by atoms with E-state index in [1.54, 1.807) is 6.20 Å². The molecule has 0 spiro atoms. The molecule has 0 bridgehead atoms. The van der Waals surface area contributed by atoms with Crippen molar-refractivity contribution in [3.05, 3.63) is 35.9 Å². The van der Waals surface area contributed by atoms with Crippen molar-refractivity contribution in [1.29, 1.82) is 0 Å². The largest absolute Gasteiger partial charge is 0.460 e. The number of rotatable bonds is 6. The molecule has 4 heterocycles. The first-order valence-electron chi connectivity index (χ1n) is 9.49. The standard InChI is InChI=1S/C20H25N5O2/c1-4-25-9-5-6-15(25)11-21-20-22-12-16(18-10-13(2)24-27-18)19(23-20)17-8-7-14(3)26-17/h7-8,10,12,15H,4-6,9,11H2,1-3H3,(H,21,22,23). The van der Waals surface area contributed by atoms with Crippen molar-refractivity contribution in [3.63, 3.8) is 0 Å². The van der Waals surface area contributed by atoms with Crippen molar-refractivity contribution in [2.24, 2.45) is 0 Å². The third-order valence-electron chi connectivity index (χ3n) is 5.06. The molecule has 142 valence electrons. The van der Waals surface area contributed by atoms with Gasteiger partial charge in [-0.05, 0) is 51.9 Å². The summed E-state index contributed by atoms with van der Waals surface area (Å²) >= 11 is 0. The van der Waals surface area contributed by atoms with Gasteiger partial charge in [0.05, 0.1) is 11.3 Å². The summed E-state index contributed by atoms with van der Waals surface area (Å²) in [7, 11) is 0. The maximum Gasteiger partial charge on any atom is 0.223 e. The van der Waals surface area contributed by atoms with Crippen LogP contribution in [0.25, 0.3) is 22.8 Å². The highest BCUT2D eigenvalue weighted by atomic mass is 16.5. The molecule has 0 saturated carbocycles. The Bertz CT molecular complexity index is 917. The van der Waals surface area contributed by atoms with Crippen LogP contribution in [-0.4, -0.2) is 45.7 Å². The van der Waals surface area contributed by atoms with E-state index in [9.17, 15) is 0 Å². The van der Waals surface area contributed by atoms with Gasteiger partial charge in [0.1, 0.15) is 11.5 Å². The molecule has 1 fully saturated rings.